The van der Waals surface area contributed by atoms with Crippen molar-refractivity contribution in [3.63, 3.8) is 0 Å². The van der Waals surface area contributed by atoms with Crippen molar-refractivity contribution in [1.29, 1.82) is 0 Å². The summed E-state index contributed by atoms with van der Waals surface area (Å²) >= 11 is 0. The van der Waals surface area contributed by atoms with Crippen LogP contribution in [0, 0.1) is 11.6 Å². The van der Waals surface area contributed by atoms with Gasteiger partial charge in [0.2, 0.25) is 0 Å². The van der Waals surface area contributed by atoms with Crippen LogP contribution >= 0.6 is 0 Å². The average Bonchev–Trinajstić information content (AvgIpc) is 3.37. The molecule has 5 rings (SSSR count). The number of aryl methyl sites for hydroxylation is 1. The van der Waals surface area contributed by atoms with Gasteiger partial charge in [-0.2, -0.15) is 27.3 Å². The standard InChI is InChI=1S/C26H17F6N3O2/c1-2-14-11-19(12-21-23(14)37-26(31,32)25(21,29)30)33-24(36)35-13-20(15-3-7-17(27)8-4-15)22(34-35)16-5-9-18(28)10-6-16/h3-13H,2H2,1H3,(H,33,36). The van der Waals surface area contributed by atoms with Crippen LogP contribution < -0.4 is 10.1 Å². The van der Waals surface area contributed by atoms with Crippen LogP contribution in [0.5, 0.6) is 5.75 Å². The molecule has 0 atom stereocenters. The van der Waals surface area contributed by atoms with Crippen LogP contribution in [0.3, 0.4) is 0 Å². The van der Waals surface area contributed by atoms with Crippen LogP contribution in [0.25, 0.3) is 22.4 Å². The number of carbonyl (C=O) groups excluding carboxylic acids is 1. The van der Waals surface area contributed by atoms with Gasteiger partial charge < -0.3 is 10.1 Å². The topological polar surface area (TPSA) is 56.2 Å². The summed E-state index contributed by atoms with van der Waals surface area (Å²) in [5, 5.41) is 6.66. The van der Waals surface area contributed by atoms with Crippen molar-refractivity contribution < 1.29 is 35.9 Å². The lowest BCUT2D eigenvalue weighted by Crippen LogP contribution is -2.37. The maximum Gasteiger partial charge on any atom is 0.469 e. The van der Waals surface area contributed by atoms with Gasteiger partial charge in [0.15, 0.2) is 0 Å². The van der Waals surface area contributed by atoms with Crippen molar-refractivity contribution in [3.05, 3.63) is 89.6 Å². The molecular weight excluding hydrogens is 500 g/mol. The van der Waals surface area contributed by atoms with Gasteiger partial charge in [0.1, 0.15) is 23.1 Å². The first kappa shape index (κ1) is 24.4. The first-order valence-electron chi connectivity index (χ1n) is 11.0. The van der Waals surface area contributed by atoms with E-state index < -0.39 is 41.0 Å². The third kappa shape index (κ3) is 4.20. The number of ether oxygens (including phenoxy) is 1. The fraction of sp³-hybridized carbons (Fsp3) is 0.154. The zero-order valence-corrected chi connectivity index (χ0v) is 19.0. The smallest absolute Gasteiger partial charge is 0.427 e. The molecule has 4 aromatic rings. The van der Waals surface area contributed by atoms with E-state index in [2.05, 4.69) is 15.2 Å². The molecule has 0 fully saturated rings. The molecule has 37 heavy (non-hydrogen) atoms. The van der Waals surface area contributed by atoms with E-state index in [-0.39, 0.29) is 23.4 Å². The Morgan fingerprint density at radius 1 is 0.946 bits per heavy atom. The van der Waals surface area contributed by atoms with Crippen molar-refractivity contribution in [2.24, 2.45) is 0 Å². The van der Waals surface area contributed by atoms with E-state index >= 15 is 0 Å². The first-order valence-corrected chi connectivity index (χ1v) is 11.0. The van der Waals surface area contributed by atoms with Crippen molar-refractivity contribution >= 4 is 11.7 Å². The molecular formula is C26H17F6N3O2. The Labute approximate surface area is 206 Å². The molecule has 0 bridgehead atoms. The second-order valence-electron chi connectivity index (χ2n) is 8.34. The normalized spacial score (nSPS) is 15.2. The third-order valence-corrected chi connectivity index (χ3v) is 5.93. The van der Waals surface area contributed by atoms with Crippen LogP contribution in [0.2, 0.25) is 0 Å². The number of carbonyl (C=O) groups is 1. The average molecular weight is 517 g/mol. The molecule has 0 radical (unpaired) electrons. The van der Waals surface area contributed by atoms with E-state index in [9.17, 15) is 31.1 Å². The van der Waals surface area contributed by atoms with E-state index in [1.54, 1.807) is 6.92 Å². The molecule has 0 unspecified atom stereocenters. The zero-order valence-electron chi connectivity index (χ0n) is 19.0. The van der Waals surface area contributed by atoms with Crippen LogP contribution in [0.15, 0.2) is 66.9 Å². The van der Waals surface area contributed by atoms with Crippen molar-refractivity contribution in [2.75, 3.05) is 5.32 Å². The lowest BCUT2D eigenvalue weighted by Gasteiger charge is -2.16. The van der Waals surface area contributed by atoms with Gasteiger partial charge >= 0.3 is 18.1 Å². The molecule has 2 heterocycles. The van der Waals surface area contributed by atoms with Gasteiger partial charge in [-0.25, -0.2) is 13.6 Å². The van der Waals surface area contributed by atoms with Gasteiger partial charge in [0, 0.05) is 23.0 Å². The summed E-state index contributed by atoms with van der Waals surface area (Å²) in [5.41, 5.74) is 0.496. The van der Waals surface area contributed by atoms with Crippen LogP contribution in [0.1, 0.15) is 18.1 Å². The molecule has 1 N–H and O–H groups in total. The highest BCUT2D eigenvalue weighted by Crippen LogP contribution is 2.55. The van der Waals surface area contributed by atoms with Crippen molar-refractivity contribution in [3.8, 4) is 28.1 Å². The molecule has 11 heteroatoms. The predicted octanol–water partition coefficient (Wildman–Crippen LogP) is 7.21. The highest BCUT2D eigenvalue weighted by Gasteiger charge is 2.67. The molecule has 1 aliphatic heterocycles. The Morgan fingerprint density at radius 2 is 1.54 bits per heavy atom. The van der Waals surface area contributed by atoms with E-state index in [1.807, 2.05) is 0 Å². The number of benzene rings is 3. The minimum Gasteiger partial charge on any atom is -0.427 e. The number of rotatable bonds is 4. The monoisotopic (exact) mass is 517 g/mol. The van der Waals surface area contributed by atoms with Crippen molar-refractivity contribution in [1.82, 2.24) is 9.78 Å². The first-order chi connectivity index (χ1) is 17.5. The second kappa shape index (κ2) is 8.68. The number of fused-ring (bicyclic) bond motifs is 1. The molecule has 0 spiro atoms. The summed E-state index contributed by atoms with van der Waals surface area (Å²) in [6, 6.07) is 11.8. The summed E-state index contributed by atoms with van der Waals surface area (Å²) in [7, 11) is 0. The Kier molecular flexibility index (Phi) is 5.73. The molecule has 190 valence electrons. The Balaban J connectivity index is 1.53. The minimum absolute atomic E-state index is 0.0594. The Bertz CT molecular complexity index is 1440. The number of nitrogens with one attached hydrogen (secondary N) is 1. The van der Waals surface area contributed by atoms with Gasteiger partial charge in [0.05, 0.1) is 5.56 Å². The molecule has 1 amide bonds. The van der Waals surface area contributed by atoms with Gasteiger partial charge in [-0.05, 0) is 66.1 Å². The van der Waals surface area contributed by atoms with Crippen molar-refractivity contribution in [2.45, 2.75) is 25.4 Å². The Hall–Kier alpha value is -4.28. The largest absolute Gasteiger partial charge is 0.469 e. The number of nitrogens with zero attached hydrogens (tertiary/aromatic N) is 2. The maximum absolute atomic E-state index is 14.3. The summed E-state index contributed by atoms with van der Waals surface area (Å²) in [6.45, 7) is 1.57. The van der Waals surface area contributed by atoms with Gasteiger partial charge in [-0.3, -0.25) is 0 Å². The van der Waals surface area contributed by atoms with Crippen LogP contribution in [-0.4, -0.2) is 21.9 Å². The number of aromatic nitrogens is 2. The lowest BCUT2D eigenvalue weighted by molar-refractivity contribution is -0.296. The van der Waals surface area contributed by atoms with E-state index in [1.165, 1.54) is 60.8 Å². The summed E-state index contributed by atoms with van der Waals surface area (Å²) in [5.74, 6) is -6.18. The Morgan fingerprint density at radius 3 is 2.14 bits per heavy atom. The molecule has 3 aromatic carbocycles. The SMILES string of the molecule is CCc1cc(NC(=O)n2cc(-c3ccc(F)cc3)c(-c3ccc(F)cc3)n2)cc2c1OC(F)(F)C2(F)F. The van der Waals surface area contributed by atoms with Crippen LogP contribution in [0.4, 0.5) is 36.8 Å². The number of halogens is 6. The highest BCUT2D eigenvalue weighted by molar-refractivity contribution is 5.93. The zero-order chi connectivity index (χ0) is 26.5. The number of amides is 1. The van der Waals surface area contributed by atoms with E-state index in [0.717, 1.165) is 10.7 Å². The second-order valence-corrected chi connectivity index (χ2v) is 8.34. The highest BCUT2D eigenvalue weighted by atomic mass is 19.3. The number of hydrogen-bond donors (Lipinski definition) is 1. The van der Waals surface area contributed by atoms with E-state index in [4.69, 9.17) is 0 Å². The summed E-state index contributed by atoms with van der Waals surface area (Å²) < 4.78 is 88.2. The minimum atomic E-state index is -4.72. The van der Waals surface area contributed by atoms with Gasteiger partial charge in [0.25, 0.3) is 0 Å². The summed E-state index contributed by atoms with van der Waals surface area (Å²) in [4.78, 5) is 13.0. The van der Waals surface area contributed by atoms with Gasteiger partial charge in [-0.1, -0.05) is 19.1 Å². The van der Waals surface area contributed by atoms with E-state index in [0.29, 0.717) is 16.7 Å². The fourth-order valence-electron chi connectivity index (χ4n) is 4.05. The van der Waals surface area contributed by atoms with Crippen LogP contribution in [-0.2, 0) is 12.3 Å². The van der Waals surface area contributed by atoms with Gasteiger partial charge in [-0.15, -0.1) is 0 Å². The predicted molar refractivity (Wildman–Crippen MR) is 123 cm³/mol. The molecule has 5 nitrogen and oxygen atoms in total. The summed E-state index contributed by atoms with van der Waals surface area (Å²) in [6.07, 6.45) is -3.30. The molecule has 1 aliphatic rings. The fourth-order valence-corrected chi connectivity index (χ4v) is 4.05. The molecule has 0 saturated heterocycles. The third-order valence-electron chi connectivity index (χ3n) is 5.93. The number of alkyl halides is 4. The number of anilines is 1. The maximum atomic E-state index is 14.3. The number of hydrogen-bond acceptors (Lipinski definition) is 3. The quantitative estimate of drug-likeness (QED) is 0.291. The molecule has 0 aliphatic carbocycles. The molecule has 0 saturated carbocycles. The molecule has 1 aromatic heterocycles. The lowest BCUT2D eigenvalue weighted by atomic mass is 10.0.